The van der Waals surface area contributed by atoms with Crippen LogP contribution < -0.4 is 15.1 Å². The molecular weight excluding hydrogens is 403 g/mol. The van der Waals surface area contributed by atoms with Gasteiger partial charge in [0.15, 0.2) is 0 Å². The van der Waals surface area contributed by atoms with Crippen molar-refractivity contribution in [2.75, 3.05) is 10.7 Å². The van der Waals surface area contributed by atoms with E-state index in [4.69, 9.17) is 0 Å². The molecule has 0 saturated heterocycles. The van der Waals surface area contributed by atoms with Crippen LogP contribution in [0.4, 0.5) is 10.1 Å². The molecule has 1 N–H and O–H groups in total. The first-order chi connectivity index (χ1) is 14.5. The summed E-state index contributed by atoms with van der Waals surface area (Å²) >= 11 is 1.46. The number of aromatic nitrogens is 3. The van der Waals surface area contributed by atoms with Crippen LogP contribution in [0.2, 0.25) is 0 Å². The molecule has 1 amide bonds. The van der Waals surface area contributed by atoms with Crippen LogP contribution in [0.25, 0.3) is 11.3 Å². The van der Waals surface area contributed by atoms with Crippen molar-refractivity contribution in [1.82, 2.24) is 10.1 Å². The molecular formula is C22H22FN4O2S+. The number of halogens is 1. The molecule has 0 aliphatic carbocycles. The highest BCUT2D eigenvalue weighted by Gasteiger charge is 2.44. The van der Waals surface area contributed by atoms with Gasteiger partial charge >= 0.3 is 11.3 Å². The fraction of sp³-hybridized carbons (Fsp3) is 0.273. The Morgan fingerprint density at radius 3 is 2.80 bits per heavy atom. The lowest BCUT2D eigenvalue weighted by molar-refractivity contribution is -0.763. The first-order valence-corrected chi connectivity index (χ1v) is 10.8. The second-order valence-corrected chi connectivity index (χ2v) is 8.17. The van der Waals surface area contributed by atoms with Crippen molar-refractivity contribution in [3.63, 3.8) is 0 Å². The minimum Gasteiger partial charge on any atom is -0.291 e. The van der Waals surface area contributed by atoms with Crippen molar-refractivity contribution in [2.24, 2.45) is 0 Å². The summed E-state index contributed by atoms with van der Waals surface area (Å²) in [6, 6.07) is 13.3. The number of hydrogen-bond donors (Lipinski definition) is 1. The zero-order valence-corrected chi connectivity index (χ0v) is 17.6. The van der Waals surface area contributed by atoms with Crippen molar-refractivity contribution in [3.05, 3.63) is 70.3 Å². The van der Waals surface area contributed by atoms with Crippen LogP contribution in [0.5, 0.6) is 0 Å². The maximum atomic E-state index is 14.1. The van der Waals surface area contributed by atoms with E-state index < -0.39 is 12.0 Å². The molecule has 1 aliphatic rings. The molecule has 1 aliphatic heterocycles. The first-order valence-electron chi connectivity index (χ1n) is 9.85. The summed E-state index contributed by atoms with van der Waals surface area (Å²) in [6.45, 7) is 3.55. The highest BCUT2D eigenvalue weighted by Crippen LogP contribution is 2.37. The van der Waals surface area contributed by atoms with Crippen molar-refractivity contribution in [1.29, 1.82) is 0 Å². The maximum Gasteiger partial charge on any atom is 0.325 e. The van der Waals surface area contributed by atoms with Gasteiger partial charge in [-0.05, 0) is 41.4 Å². The third kappa shape index (κ3) is 3.63. The smallest absolute Gasteiger partial charge is 0.291 e. The number of thioether (sulfide) groups is 1. The Bertz CT molecular complexity index is 1160. The summed E-state index contributed by atoms with van der Waals surface area (Å²) < 4.78 is 15.6. The zero-order chi connectivity index (χ0) is 21.3. The largest absolute Gasteiger partial charge is 0.325 e. The molecule has 2 aromatic carbocycles. The average Bonchev–Trinajstić information content (AvgIpc) is 2.72. The van der Waals surface area contributed by atoms with Gasteiger partial charge in [-0.3, -0.25) is 14.6 Å². The number of rotatable bonds is 5. The van der Waals surface area contributed by atoms with E-state index >= 15 is 0 Å². The predicted octanol–water partition coefficient (Wildman–Crippen LogP) is 3.67. The third-order valence-electron chi connectivity index (χ3n) is 4.98. The lowest BCUT2D eigenvalue weighted by Gasteiger charge is -2.31. The Hall–Kier alpha value is -3.00. The van der Waals surface area contributed by atoms with Crippen molar-refractivity contribution in [2.45, 2.75) is 38.0 Å². The van der Waals surface area contributed by atoms with E-state index in [-0.39, 0.29) is 11.5 Å². The highest BCUT2D eigenvalue weighted by molar-refractivity contribution is 7.99. The molecule has 0 saturated carbocycles. The van der Waals surface area contributed by atoms with E-state index in [0.29, 0.717) is 27.7 Å². The number of aromatic amines is 1. The Balaban J connectivity index is 1.98. The fourth-order valence-corrected chi connectivity index (χ4v) is 4.60. The van der Waals surface area contributed by atoms with Gasteiger partial charge in [-0.1, -0.05) is 43.3 Å². The van der Waals surface area contributed by atoms with Crippen LogP contribution in [0.3, 0.4) is 0 Å². The molecule has 2 heterocycles. The number of nitrogens with zero attached hydrogens (tertiary/aromatic N) is 3. The van der Waals surface area contributed by atoms with Gasteiger partial charge in [0.1, 0.15) is 5.82 Å². The number of H-pyrrole nitrogens is 1. The number of hydrogen-bond acceptors (Lipinski definition) is 4. The van der Waals surface area contributed by atoms with Gasteiger partial charge < -0.3 is 0 Å². The maximum absolute atomic E-state index is 14.1. The highest BCUT2D eigenvalue weighted by atomic mass is 32.2. The van der Waals surface area contributed by atoms with Crippen LogP contribution >= 0.6 is 11.8 Å². The summed E-state index contributed by atoms with van der Waals surface area (Å²) in [5.41, 5.74) is 1.80. The second kappa shape index (κ2) is 8.39. The molecule has 6 nitrogen and oxygen atoms in total. The number of anilines is 1. The number of amides is 1. The molecule has 3 aromatic rings. The fourth-order valence-electron chi connectivity index (χ4n) is 3.66. The topological polar surface area (TPSA) is 69.9 Å². The van der Waals surface area contributed by atoms with E-state index in [2.05, 4.69) is 17.0 Å². The van der Waals surface area contributed by atoms with Crippen LogP contribution in [-0.4, -0.2) is 21.7 Å². The molecule has 0 fully saturated rings. The van der Waals surface area contributed by atoms with Gasteiger partial charge in [-0.25, -0.2) is 9.29 Å². The minimum atomic E-state index is -0.768. The van der Waals surface area contributed by atoms with Crippen LogP contribution in [-0.2, 0) is 4.79 Å². The van der Waals surface area contributed by atoms with Gasteiger partial charge in [0, 0.05) is 23.3 Å². The molecule has 154 valence electrons. The Morgan fingerprint density at radius 1 is 1.27 bits per heavy atom. The minimum absolute atomic E-state index is 0.225. The van der Waals surface area contributed by atoms with E-state index in [1.54, 1.807) is 33.8 Å². The second-order valence-electron chi connectivity index (χ2n) is 7.09. The quantitative estimate of drug-likeness (QED) is 0.385. The van der Waals surface area contributed by atoms with Gasteiger partial charge in [-0.15, -0.1) is 0 Å². The van der Waals surface area contributed by atoms with Crippen molar-refractivity contribution in [3.8, 4) is 11.3 Å². The number of unbranched alkanes of at least 4 members (excludes halogenated alkanes) is 1. The van der Waals surface area contributed by atoms with Crippen molar-refractivity contribution >= 4 is 23.4 Å². The number of nitrogens with one attached hydrogen (secondary N) is 1. The molecule has 0 radical (unpaired) electrons. The number of carbonyl (C=O) groups is 1. The van der Waals surface area contributed by atoms with Gasteiger partial charge in [0.05, 0.1) is 11.3 Å². The normalized spacial score (nSPS) is 14.9. The lowest BCUT2D eigenvalue weighted by atomic mass is 10.0. The molecule has 0 spiro atoms. The van der Waals surface area contributed by atoms with E-state index in [1.807, 2.05) is 12.1 Å². The van der Waals surface area contributed by atoms with Crippen LogP contribution in [0.15, 0.2) is 58.5 Å². The van der Waals surface area contributed by atoms with Crippen molar-refractivity contribution < 1.29 is 13.9 Å². The average molecular weight is 426 g/mol. The number of carbonyl (C=O) groups excluding carboxylic acids is 1. The van der Waals surface area contributed by atoms with Gasteiger partial charge in [0.2, 0.25) is 11.1 Å². The van der Waals surface area contributed by atoms with E-state index in [1.165, 1.54) is 30.8 Å². The number of para-hydroxylation sites is 1. The summed E-state index contributed by atoms with van der Waals surface area (Å²) in [5.74, 6) is 0.174. The molecule has 0 bridgehead atoms. The molecule has 4 rings (SSSR count). The van der Waals surface area contributed by atoms with Crippen LogP contribution in [0.1, 0.15) is 38.4 Å². The monoisotopic (exact) mass is 425 g/mol. The Kier molecular flexibility index (Phi) is 5.67. The molecule has 1 atom stereocenters. The third-order valence-corrected chi connectivity index (χ3v) is 5.93. The Morgan fingerprint density at radius 2 is 2.07 bits per heavy atom. The molecule has 1 aromatic heterocycles. The lowest BCUT2D eigenvalue weighted by Crippen LogP contribution is -2.60. The van der Waals surface area contributed by atoms with Crippen LogP contribution in [0, 0.1) is 5.82 Å². The van der Waals surface area contributed by atoms with E-state index in [0.717, 1.165) is 18.6 Å². The molecule has 1 unspecified atom stereocenters. The summed E-state index contributed by atoms with van der Waals surface area (Å²) in [7, 11) is 0. The number of benzene rings is 2. The van der Waals surface area contributed by atoms with Gasteiger partial charge in [-0.2, -0.15) is 0 Å². The predicted molar refractivity (Wildman–Crippen MR) is 114 cm³/mol. The molecule has 8 heteroatoms. The summed E-state index contributed by atoms with van der Waals surface area (Å²) in [6.07, 6.45) is 1.26. The van der Waals surface area contributed by atoms with E-state index in [9.17, 15) is 14.0 Å². The summed E-state index contributed by atoms with van der Waals surface area (Å²) in [5, 5.41) is 5.15. The molecule has 30 heavy (non-hydrogen) atoms. The summed E-state index contributed by atoms with van der Waals surface area (Å²) in [4.78, 5) is 30.2. The van der Waals surface area contributed by atoms with Gasteiger partial charge in [0.25, 0.3) is 6.17 Å². The SMILES string of the molecule is CCCCSc1n[n+]2c(c(=O)[nH]1)-c1ccccc1N(C(C)=O)C2c1cccc(F)c1. The zero-order valence-electron chi connectivity index (χ0n) is 16.8. The standard InChI is InChI=1S/C22H21FN4O2S/c1-3-4-12-30-22-24-20(29)19-17-10-5-6-11-18(17)26(14(2)28)21(27(19)25-22)15-8-7-9-16(23)13-15/h5-11,13,21H,3-4,12H2,1-2H3/p+1. The Labute approximate surface area is 177 Å². The number of fused-ring (bicyclic) bond motifs is 3. The first kappa shape index (κ1) is 20.3.